The molecular formula is C15H20BrN3. The second-order valence-corrected chi connectivity index (χ2v) is 6.81. The van der Waals surface area contributed by atoms with Gasteiger partial charge in [-0.25, -0.2) is 0 Å². The van der Waals surface area contributed by atoms with Crippen molar-refractivity contribution < 1.29 is 0 Å². The number of guanidine groups is 1. The largest absolute Gasteiger partial charge is 0.369 e. The monoisotopic (exact) mass is 321 g/mol. The predicted molar refractivity (Wildman–Crippen MR) is 83.5 cm³/mol. The lowest BCUT2D eigenvalue weighted by Gasteiger charge is -2.41. The zero-order valence-electron chi connectivity index (χ0n) is 11.3. The number of benzene rings is 1. The zero-order valence-corrected chi connectivity index (χ0v) is 12.9. The van der Waals surface area contributed by atoms with Crippen molar-refractivity contribution in [1.29, 1.82) is 0 Å². The predicted octanol–water partition coefficient (Wildman–Crippen LogP) is 3.53. The zero-order chi connectivity index (χ0) is 13.5. The standard InChI is InChI=1S/C15H20BrN3/c1-15(9-11-5-4-6-11)10-18-14(17)19(15)13-8-3-2-7-12(13)16/h2-3,7-8,11H,4-6,9-10H2,1H3,(H2,17,18). The molecular weight excluding hydrogens is 302 g/mol. The van der Waals surface area contributed by atoms with Gasteiger partial charge in [-0.1, -0.05) is 31.4 Å². The van der Waals surface area contributed by atoms with E-state index < -0.39 is 0 Å². The average Bonchev–Trinajstić information content (AvgIpc) is 2.62. The molecule has 1 atom stereocenters. The van der Waals surface area contributed by atoms with Gasteiger partial charge in [-0.2, -0.15) is 0 Å². The summed E-state index contributed by atoms with van der Waals surface area (Å²) in [6.07, 6.45) is 5.28. The molecule has 1 heterocycles. The molecule has 0 saturated heterocycles. The molecule has 1 aliphatic carbocycles. The highest BCUT2D eigenvalue weighted by atomic mass is 79.9. The number of anilines is 1. The third kappa shape index (κ3) is 2.27. The van der Waals surface area contributed by atoms with Gasteiger partial charge in [-0.15, -0.1) is 0 Å². The molecule has 102 valence electrons. The van der Waals surface area contributed by atoms with E-state index in [4.69, 9.17) is 5.73 Å². The summed E-state index contributed by atoms with van der Waals surface area (Å²) in [5, 5.41) is 0. The number of para-hydroxylation sites is 1. The molecule has 1 fully saturated rings. The van der Waals surface area contributed by atoms with Crippen LogP contribution in [-0.4, -0.2) is 18.0 Å². The summed E-state index contributed by atoms with van der Waals surface area (Å²) in [5.41, 5.74) is 7.30. The first kappa shape index (κ1) is 13.0. The third-order valence-corrected chi connectivity index (χ3v) is 5.07. The van der Waals surface area contributed by atoms with Crippen LogP contribution in [0, 0.1) is 5.92 Å². The van der Waals surface area contributed by atoms with Gasteiger partial charge in [-0.3, -0.25) is 4.99 Å². The summed E-state index contributed by atoms with van der Waals surface area (Å²) in [6.45, 7) is 3.09. The van der Waals surface area contributed by atoms with Gasteiger partial charge in [0.1, 0.15) is 0 Å². The molecule has 3 nitrogen and oxygen atoms in total. The van der Waals surface area contributed by atoms with E-state index in [1.165, 1.54) is 25.7 Å². The van der Waals surface area contributed by atoms with Gasteiger partial charge >= 0.3 is 0 Å². The number of nitrogens with zero attached hydrogens (tertiary/aromatic N) is 2. The molecule has 2 aliphatic rings. The molecule has 0 bridgehead atoms. The van der Waals surface area contributed by atoms with Crippen molar-refractivity contribution >= 4 is 27.6 Å². The SMILES string of the molecule is CC1(CC2CCC2)CN=C(N)N1c1ccccc1Br. The molecule has 1 saturated carbocycles. The number of hydrogen-bond donors (Lipinski definition) is 1. The summed E-state index contributed by atoms with van der Waals surface area (Å²) in [6, 6.07) is 8.25. The fraction of sp³-hybridized carbons (Fsp3) is 0.533. The molecule has 4 heteroatoms. The van der Waals surface area contributed by atoms with Crippen LogP contribution in [0.4, 0.5) is 5.69 Å². The Bertz CT molecular complexity index is 510. The Labute approximate surface area is 123 Å². The topological polar surface area (TPSA) is 41.6 Å². The Morgan fingerprint density at radius 3 is 2.79 bits per heavy atom. The quantitative estimate of drug-likeness (QED) is 0.925. The van der Waals surface area contributed by atoms with Crippen molar-refractivity contribution in [2.24, 2.45) is 16.6 Å². The van der Waals surface area contributed by atoms with Gasteiger partial charge in [0, 0.05) is 4.47 Å². The maximum Gasteiger partial charge on any atom is 0.196 e. The maximum absolute atomic E-state index is 6.15. The van der Waals surface area contributed by atoms with Crippen molar-refractivity contribution in [2.75, 3.05) is 11.4 Å². The molecule has 3 rings (SSSR count). The van der Waals surface area contributed by atoms with E-state index in [1.54, 1.807) is 0 Å². The highest BCUT2D eigenvalue weighted by molar-refractivity contribution is 9.10. The van der Waals surface area contributed by atoms with Crippen molar-refractivity contribution in [1.82, 2.24) is 0 Å². The Kier molecular flexibility index (Phi) is 3.29. The second kappa shape index (κ2) is 4.82. The van der Waals surface area contributed by atoms with Gasteiger partial charge < -0.3 is 10.6 Å². The minimum Gasteiger partial charge on any atom is -0.369 e. The van der Waals surface area contributed by atoms with Gasteiger partial charge in [-0.05, 0) is 47.3 Å². The van der Waals surface area contributed by atoms with Crippen LogP contribution in [0.25, 0.3) is 0 Å². The van der Waals surface area contributed by atoms with Crippen molar-refractivity contribution in [3.63, 3.8) is 0 Å². The number of hydrogen-bond acceptors (Lipinski definition) is 3. The first-order chi connectivity index (χ1) is 9.10. The second-order valence-electron chi connectivity index (χ2n) is 5.96. The van der Waals surface area contributed by atoms with E-state index in [-0.39, 0.29) is 5.54 Å². The third-order valence-electron chi connectivity index (χ3n) is 4.40. The first-order valence-corrected chi connectivity index (χ1v) is 7.74. The number of halogens is 1. The fourth-order valence-corrected chi connectivity index (χ4v) is 3.65. The van der Waals surface area contributed by atoms with E-state index in [9.17, 15) is 0 Å². The van der Waals surface area contributed by atoms with Gasteiger partial charge in [0.2, 0.25) is 0 Å². The van der Waals surface area contributed by atoms with Crippen LogP contribution >= 0.6 is 15.9 Å². The van der Waals surface area contributed by atoms with E-state index in [0.717, 1.165) is 22.6 Å². The molecule has 1 aromatic carbocycles. The van der Waals surface area contributed by atoms with Crippen LogP contribution in [0.2, 0.25) is 0 Å². The lowest BCUT2D eigenvalue weighted by Crippen LogP contribution is -2.51. The molecule has 19 heavy (non-hydrogen) atoms. The molecule has 1 unspecified atom stereocenters. The molecule has 0 spiro atoms. The summed E-state index contributed by atoms with van der Waals surface area (Å²) in [7, 11) is 0. The first-order valence-electron chi connectivity index (χ1n) is 6.95. The van der Waals surface area contributed by atoms with E-state index in [2.05, 4.69) is 50.9 Å². The van der Waals surface area contributed by atoms with Gasteiger partial charge in [0.15, 0.2) is 5.96 Å². The van der Waals surface area contributed by atoms with Crippen LogP contribution in [0.3, 0.4) is 0 Å². The molecule has 2 N–H and O–H groups in total. The van der Waals surface area contributed by atoms with Crippen LogP contribution in [0.5, 0.6) is 0 Å². The Hall–Kier alpha value is -1.03. The van der Waals surface area contributed by atoms with Crippen molar-refractivity contribution in [3.8, 4) is 0 Å². The van der Waals surface area contributed by atoms with Gasteiger partial charge in [0.25, 0.3) is 0 Å². The minimum atomic E-state index is 0.0268. The molecule has 0 aromatic heterocycles. The number of rotatable bonds is 3. The van der Waals surface area contributed by atoms with Crippen LogP contribution in [0.1, 0.15) is 32.6 Å². The van der Waals surface area contributed by atoms with Crippen LogP contribution in [0.15, 0.2) is 33.7 Å². The summed E-state index contributed by atoms with van der Waals surface area (Å²) in [4.78, 5) is 6.72. The fourth-order valence-electron chi connectivity index (χ4n) is 3.19. The Morgan fingerprint density at radius 2 is 2.16 bits per heavy atom. The van der Waals surface area contributed by atoms with Crippen LogP contribution in [-0.2, 0) is 0 Å². The maximum atomic E-state index is 6.15. The molecule has 0 radical (unpaired) electrons. The minimum absolute atomic E-state index is 0.0268. The van der Waals surface area contributed by atoms with E-state index in [1.807, 2.05) is 6.07 Å². The smallest absolute Gasteiger partial charge is 0.196 e. The number of aliphatic imine (C=N–C) groups is 1. The highest BCUT2D eigenvalue weighted by Crippen LogP contribution is 2.41. The lowest BCUT2D eigenvalue weighted by molar-refractivity contribution is 0.243. The van der Waals surface area contributed by atoms with E-state index in [0.29, 0.717) is 5.96 Å². The van der Waals surface area contributed by atoms with E-state index >= 15 is 0 Å². The summed E-state index contributed by atoms with van der Waals surface area (Å²) in [5.74, 6) is 1.49. The molecule has 0 amide bonds. The normalized spacial score (nSPS) is 27.3. The Balaban J connectivity index is 1.91. The van der Waals surface area contributed by atoms with Gasteiger partial charge in [0.05, 0.1) is 17.8 Å². The number of nitrogens with two attached hydrogens (primary N) is 1. The van der Waals surface area contributed by atoms with Crippen molar-refractivity contribution in [3.05, 3.63) is 28.7 Å². The summed E-state index contributed by atoms with van der Waals surface area (Å²) >= 11 is 3.63. The van der Waals surface area contributed by atoms with Crippen molar-refractivity contribution in [2.45, 2.75) is 38.1 Å². The molecule has 1 aliphatic heterocycles. The lowest BCUT2D eigenvalue weighted by atomic mass is 9.76. The van der Waals surface area contributed by atoms with Crippen LogP contribution < -0.4 is 10.6 Å². The summed E-state index contributed by atoms with van der Waals surface area (Å²) < 4.78 is 1.08. The highest BCUT2D eigenvalue weighted by Gasteiger charge is 2.42. The Morgan fingerprint density at radius 1 is 1.42 bits per heavy atom. The molecule has 1 aromatic rings. The average molecular weight is 322 g/mol.